The molecule has 4 nitrogen and oxygen atoms in total. The van der Waals surface area contributed by atoms with Crippen LogP contribution in [0.2, 0.25) is 0 Å². The molecule has 3 rings (SSSR count). The lowest BCUT2D eigenvalue weighted by Gasteiger charge is -2.25. The van der Waals surface area contributed by atoms with Crippen LogP contribution < -0.4 is 11.1 Å². The van der Waals surface area contributed by atoms with Crippen molar-refractivity contribution in [3.63, 3.8) is 0 Å². The van der Waals surface area contributed by atoms with Gasteiger partial charge in [0.05, 0.1) is 0 Å². The molecule has 0 saturated carbocycles. The molecule has 1 aliphatic heterocycles. The highest BCUT2D eigenvalue weighted by molar-refractivity contribution is 5.87. The third-order valence-electron chi connectivity index (χ3n) is 5.33. The second-order valence-corrected chi connectivity index (χ2v) is 7.47. The standard InChI is InChI=1S/C22H29N3O.2ClH/c1-22(23,20-10-6-3-7-11-20)21(26)24-16-19-13-15-25(17-19)14-12-18-8-4-2-5-9-18;;/h2-11,19H,12-17,23H2,1H3,(H,24,26);2*1H. The number of rotatable bonds is 7. The predicted molar refractivity (Wildman–Crippen MR) is 120 cm³/mol. The monoisotopic (exact) mass is 423 g/mol. The largest absolute Gasteiger partial charge is 0.354 e. The highest BCUT2D eigenvalue weighted by atomic mass is 35.5. The SMILES string of the molecule is CC(N)(C(=O)NCC1CCN(CCc2ccccc2)C1)c1ccccc1.Cl.Cl. The van der Waals surface area contributed by atoms with Crippen molar-refractivity contribution >= 4 is 30.7 Å². The van der Waals surface area contributed by atoms with Crippen molar-refractivity contribution in [2.45, 2.75) is 25.3 Å². The average Bonchev–Trinajstić information content (AvgIpc) is 3.14. The van der Waals surface area contributed by atoms with Gasteiger partial charge in [-0.25, -0.2) is 0 Å². The number of carbonyl (C=O) groups is 1. The van der Waals surface area contributed by atoms with E-state index in [1.807, 2.05) is 30.3 Å². The Morgan fingerprint density at radius 3 is 2.36 bits per heavy atom. The molecule has 0 bridgehead atoms. The van der Waals surface area contributed by atoms with Crippen LogP contribution in [-0.4, -0.2) is 37.0 Å². The van der Waals surface area contributed by atoms with Gasteiger partial charge in [-0.05, 0) is 43.4 Å². The molecule has 1 aliphatic rings. The number of hydrogen-bond acceptors (Lipinski definition) is 3. The van der Waals surface area contributed by atoms with Crippen molar-refractivity contribution in [3.8, 4) is 0 Å². The Labute approximate surface area is 180 Å². The van der Waals surface area contributed by atoms with E-state index in [1.165, 1.54) is 5.56 Å². The number of nitrogens with zero attached hydrogens (tertiary/aromatic N) is 1. The summed E-state index contributed by atoms with van der Waals surface area (Å²) in [6, 6.07) is 20.2. The molecule has 1 fully saturated rings. The minimum Gasteiger partial charge on any atom is -0.354 e. The van der Waals surface area contributed by atoms with Crippen LogP contribution in [0.15, 0.2) is 60.7 Å². The van der Waals surface area contributed by atoms with Gasteiger partial charge in [0, 0.05) is 19.6 Å². The molecule has 28 heavy (non-hydrogen) atoms. The lowest BCUT2D eigenvalue weighted by Crippen LogP contribution is -2.50. The van der Waals surface area contributed by atoms with E-state index in [-0.39, 0.29) is 30.7 Å². The van der Waals surface area contributed by atoms with E-state index in [0.29, 0.717) is 12.5 Å². The summed E-state index contributed by atoms with van der Waals surface area (Å²) in [5.41, 5.74) is 7.51. The minimum atomic E-state index is -0.993. The molecule has 3 N–H and O–H groups in total. The molecule has 1 heterocycles. The maximum atomic E-state index is 12.6. The Hall–Kier alpha value is -1.59. The third-order valence-corrected chi connectivity index (χ3v) is 5.33. The van der Waals surface area contributed by atoms with E-state index in [1.54, 1.807) is 6.92 Å². The van der Waals surface area contributed by atoms with Crippen molar-refractivity contribution in [1.82, 2.24) is 10.2 Å². The number of carbonyl (C=O) groups excluding carboxylic acids is 1. The molecule has 2 unspecified atom stereocenters. The Morgan fingerprint density at radius 2 is 1.71 bits per heavy atom. The first-order valence-electron chi connectivity index (χ1n) is 9.44. The zero-order valence-electron chi connectivity index (χ0n) is 16.3. The molecule has 0 radical (unpaired) electrons. The lowest BCUT2D eigenvalue weighted by molar-refractivity contribution is -0.126. The van der Waals surface area contributed by atoms with Gasteiger partial charge in [0.25, 0.3) is 0 Å². The molecule has 154 valence electrons. The number of hydrogen-bond donors (Lipinski definition) is 2. The zero-order valence-corrected chi connectivity index (χ0v) is 18.0. The molecular weight excluding hydrogens is 393 g/mol. The Balaban J connectivity index is 0.00000196. The number of benzene rings is 2. The van der Waals surface area contributed by atoms with Gasteiger partial charge in [-0.1, -0.05) is 60.7 Å². The normalized spacial score (nSPS) is 18.4. The van der Waals surface area contributed by atoms with Gasteiger partial charge in [-0.3, -0.25) is 4.79 Å². The number of amides is 1. The Morgan fingerprint density at radius 1 is 1.11 bits per heavy atom. The predicted octanol–water partition coefficient (Wildman–Crippen LogP) is 3.38. The van der Waals surface area contributed by atoms with Crippen molar-refractivity contribution in [2.75, 3.05) is 26.2 Å². The summed E-state index contributed by atoms with van der Waals surface area (Å²) in [4.78, 5) is 15.1. The van der Waals surface area contributed by atoms with Crippen molar-refractivity contribution in [2.24, 2.45) is 11.7 Å². The van der Waals surface area contributed by atoms with Crippen LogP contribution in [0, 0.1) is 5.92 Å². The van der Waals surface area contributed by atoms with Crippen LogP contribution in [0.1, 0.15) is 24.5 Å². The highest BCUT2D eigenvalue weighted by Crippen LogP contribution is 2.19. The second-order valence-electron chi connectivity index (χ2n) is 7.47. The molecule has 0 aliphatic carbocycles. The van der Waals surface area contributed by atoms with Gasteiger partial charge in [0.2, 0.25) is 5.91 Å². The summed E-state index contributed by atoms with van der Waals surface area (Å²) >= 11 is 0. The molecule has 2 atom stereocenters. The molecule has 0 aromatic heterocycles. The second kappa shape index (κ2) is 11.4. The summed E-state index contributed by atoms with van der Waals surface area (Å²) < 4.78 is 0. The molecule has 0 spiro atoms. The Kier molecular flexibility index (Phi) is 9.97. The fraction of sp³-hybridized carbons (Fsp3) is 0.409. The van der Waals surface area contributed by atoms with Crippen LogP contribution in [0.5, 0.6) is 0 Å². The molecule has 2 aromatic rings. The van der Waals surface area contributed by atoms with Gasteiger partial charge < -0.3 is 16.0 Å². The van der Waals surface area contributed by atoms with Crippen LogP contribution >= 0.6 is 24.8 Å². The van der Waals surface area contributed by atoms with E-state index in [2.05, 4.69) is 40.5 Å². The molecule has 1 amide bonds. The van der Waals surface area contributed by atoms with Gasteiger partial charge in [-0.15, -0.1) is 24.8 Å². The molecular formula is C22H31Cl2N3O. The average molecular weight is 424 g/mol. The van der Waals surface area contributed by atoms with Crippen molar-refractivity contribution in [3.05, 3.63) is 71.8 Å². The lowest BCUT2D eigenvalue weighted by atomic mass is 9.92. The first-order valence-corrected chi connectivity index (χ1v) is 9.44. The fourth-order valence-electron chi connectivity index (χ4n) is 3.55. The van der Waals surface area contributed by atoms with Crippen molar-refractivity contribution in [1.29, 1.82) is 0 Å². The summed E-state index contributed by atoms with van der Waals surface area (Å²) in [7, 11) is 0. The smallest absolute Gasteiger partial charge is 0.244 e. The van der Waals surface area contributed by atoms with Crippen LogP contribution in [0.25, 0.3) is 0 Å². The maximum Gasteiger partial charge on any atom is 0.244 e. The van der Waals surface area contributed by atoms with Gasteiger partial charge in [-0.2, -0.15) is 0 Å². The van der Waals surface area contributed by atoms with Crippen LogP contribution in [0.3, 0.4) is 0 Å². The van der Waals surface area contributed by atoms with Gasteiger partial charge in [0.15, 0.2) is 0 Å². The fourth-order valence-corrected chi connectivity index (χ4v) is 3.55. The van der Waals surface area contributed by atoms with E-state index >= 15 is 0 Å². The highest BCUT2D eigenvalue weighted by Gasteiger charge is 2.31. The summed E-state index contributed by atoms with van der Waals surface area (Å²) in [5, 5.41) is 3.07. The van der Waals surface area contributed by atoms with E-state index in [4.69, 9.17) is 5.73 Å². The number of nitrogens with two attached hydrogens (primary N) is 1. The molecule has 6 heteroatoms. The minimum absolute atomic E-state index is 0. The van der Waals surface area contributed by atoms with E-state index in [9.17, 15) is 4.79 Å². The van der Waals surface area contributed by atoms with Crippen LogP contribution in [-0.2, 0) is 16.8 Å². The number of likely N-dealkylation sites (tertiary alicyclic amines) is 1. The summed E-state index contributed by atoms with van der Waals surface area (Å²) in [6.07, 6.45) is 2.20. The topological polar surface area (TPSA) is 58.4 Å². The van der Waals surface area contributed by atoms with Gasteiger partial charge in [0.1, 0.15) is 5.54 Å². The third kappa shape index (κ3) is 6.49. The first-order chi connectivity index (χ1) is 12.6. The van der Waals surface area contributed by atoms with E-state index in [0.717, 1.165) is 38.0 Å². The first kappa shape index (κ1) is 24.4. The summed E-state index contributed by atoms with van der Waals surface area (Å²) in [6.45, 7) is 5.69. The number of nitrogens with one attached hydrogen (secondary N) is 1. The van der Waals surface area contributed by atoms with Gasteiger partial charge >= 0.3 is 0 Å². The molecule has 2 aromatic carbocycles. The van der Waals surface area contributed by atoms with Crippen molar-refractivity contribution < 1.29 is 4.79 Å². The summed E-state index contributed by atoms with van der Waals surface area (Å²) in [5.74, 6) is 0.396. The maximum absolute atomic E-state index is 12.6. The van der Waals surface area contributed by atoms with Crippen LogP contribution in [0.4, 0.5) is 0 Å². The number of halogens is 2. The molecule has 1 saturated heterocycles. The van der Waals surface area contributed by atoms with E-state index < -0.39 is 5.54 Å². The zero-order chi connectivity index (χ0) is 18.4. The Bertz CT molecular complexity index is 710. The quantitative estimate of drug-likeness (QED) is 0.717.